The number of rotatable bonds is 6. The first kappa shape index (κ1) is 20.4. The van der Waals surface area contributed by atoms with Crippen LogP contribution in [-0.4, -0.2) is 13.3 Å². The lowest BCUT2D eigenvalue weighted by Gasteiger charge is -2.25. The standard InChI is InChI=1S/C28H27N3/c1-22-9-15-26(16-10-22)31(27-17-11-23(2)12-18-27)28-19-13-24(14-20-28)21-29-30(3)25-7-5-4-6-8-25/h4-21H,1-3H3. The Labute approximate surface area is 184 Å². The largest absolute Gasteiger partial charge is 0.311 e. The second kappa shape index (κ2) is 9.31. The molecular weight excluding hydrogens is 378 g/mol. The van der Waals surface area contributed by atoms with Gasteiger partial charge in [-0.1, -0.05) is 65.7 Å². The number of hydrogen-bond donors (Lipinski definition) is 0. The van der Waals surface area contributed by atoms with Crippen LogP contribution in [0.5, 0.6) is 0 Å². The Morgan fingerprint density at radius 3 is 1.48 bits per heavy atom. The molecule has 4 rings (SSSR count). The number of para-hydroxylation sites is 1. The highest BCUT2D eigenvalue weighted by Crippen LogP contribution is 2.34. The average Bonchev–Trinajstić information content (AvgIpc) is 2.81. The van der Waals surface area contributed by atoms with Crippen molar-refractivity contribution in [2.45, 2.75) is 13.8 Å². The summed E-state index contributed by atoms with van der Waals surface area (Å²) in [5, 5.41) is 6.44. The van der Waals surface area contributed by atoms with Crippen molar-refractivity contribution in [2.24, 2.45) is 5.10 Å². The van der Waals surface area contributed by atoms with Crippen molar-refractivity contribution in [1.82, 2.24) is 0 Å². The smallest absolute Gasteiger partial charge is 0.0590 e. The number of benzene rings is 4. The molecule has 3 heteroatoms. The predicted octanol–water partition coefficient (Wildman–Crippen LogP) is 7.24. The molecule has 0 unspecified atom stereocenters. The lowest BCUT2D eigenvalue weighted by Crippen LogP contribution is -2.10. The van der Waals surface area contributed by atoms with Crippen molar-refractivity contribution in [3.63, 3.8) is 0 Å². The molecule has 0 heterocycles. The minimum Gasteiger partial charge on any atom is -0.311 e. The van der Waals surface area contributed by atoms with E-state index >= 15 is 0 Å². The Hall–Kier alpha value is -3.85. The van der Waals surface area contributed by atoms with Crippen LogP contribution < -0.4 is 9.91 Å². The SMILES string of the molecule is Cc1ccc(N(c2ccc(C)cc2)c2ccc(C=NN(C)c3ccccc3)cc2)cc1. The van der Waals surface area contributed by atoms with Crippen molar-refractivity contribution >= 4 is 29.0 Å². The van der Waals surface area contributed by atoms with Gasteiger partial charge in [-0.25, -0.2) is 0 Å². The second-order valence-corrected chi connectivity index (χ2v) is 7.70. The Morgan fingerprint density at radius 1 is 0.548 bits per heavy atom. The van der Waals surface area contributed by atoms with Gasteiger partial charge in [0.1, 0.15) is 0 Å². The van der Waals surface area contributed by atoms with Crippen molar-refractivity contribution in [3.05, 3.63) is 120 Å². The summed E-state index contributed by atoms with van der Waals surface area (Å²) in [4.78, 5) is 2.27. The molecule has 0 aliphatic carbocycles. The lowest BCUT2D eigenvalue weighted by molar-refractivity contribution is 1.02. The van der Waals surface area contributed by atoms with Crippen LogP contribution in [0, 0.1) is 13.8 Å². The summed E-state index contributed by atoms with van der Waals surface area (Å²) in [5.41, 5.74) is 8.00. The minimum atomic E-state index is 1.05. The van der Waals surface area contributed by atoms with Gasteiger partial charge in [0.25, 0.3) is 0 Å². The molecule has 4 aromatic carbocycles. The second-order valence-electron chi connectivity index (χ2n) is 7.70. The van der Waals surface area contributed by atoms with Gasteiger partial charge >= 0.3 is 0 Å². The molecule has 0 aliphatic heterocycles. The third-order valence-corrected chi connectivity index (χ3v) is 5.25. The molecule has 0 amide bonds. The molecule has 0 saturated heterocycles. The molecule has 3 nitrogen and oxygen atoms in total. The van der Waals surface area contributed by atoms with Gasteiger partial charge in [0.2, 0.25) is 0 Å². The maximum atomic E-state index is 4.57. The molecular formula is C28H27N3. The van der Waals surface area contributed by atoms with Crippen molar-refractivity contribution in [3.8, 4) is 0 Å². The van der Waals surface area contributed by atoms with Crippen LogP contribution in [0.2, 0.25) is 0 Å². The molecule has 0 fully saturated rings. The summed E-state index contributed by atoms with van der Waals surface area (Å²) in [6, 6.07) is 35.9. The maximum Gasteiger partial charge on any atom is 0.0590 e. The third-order valence-electron chi connectivity index (χ3n) is 5.25. The zero-order valence-electron chi connectivity index (χ0n) is 18.2. The van der Waals surface area contributed by atoms with Crippen LogP contribution in [-0.2, 0) is 0 Å². The van der Waals surface area contributed by atoms with Crippen molar-refractivity contribution in [1.29, 1.82) is 0 Å². The number of hydrogen-bond acceptors (Lipinski definition) is 3. The molecule has 0 bridgehead atoms. The summed E-state index contributed by atoms with van der Waals surface area (Å²) in [6.45, 7) is 4.22. The molecule has 31 heavy (non-hydrogen) atoms. The average molecular weight is 406 g/mol. The highest BCUT2D eigenvalue weighted by Gasteiger charge is 2.12. The molecule has 4 aromatic rings. The van der Waals surface area contributed by atoms with Gasteiger partial charge in [-0.05, 0) is 67.9 Å². The fourth-order valence-corrected chi connectivity index (χ4v) is 3.41. The Morgan fingerprint density at radius 2 is 1.00 bits per heavy atom. The fraction of sp³-hybridized carbons (Fsp3) is 0.107. The molecule has 0 spiro atoms. The van der Waals surface area contributed by atoms with E-state index in [1.165, 1.54) is 11.1 Å². The molecule has 0 aliphatic rings. The van der Waals surface area contributed by atoms with E-state index in [9.17, 15) is 0 Å². The monoisotopic (exact) mass is 405 g/mol. The van der Waals surface area contributed by atoms with Crippen LogP contribution in [0.25, 0.3) is 0 Å². The van der Waals surface area contributed by atoms with E-state index in [2.05, 4.69) is 96.6 Å². The quantitative estimate of drug-likeness (QED) is 0.249. The third kappa shape index (κ3) is 5.01. The predicted molar refractivity (Wildman–Crippen MR) is 133 cm³/mol. The Balaban J connectivity index is 1.61. The van der Waals surface area contributed by atoms with E-state index in [1.807, 2.05) is 48.6 Å². The summed E-state index contributed by atoms with van der Waals surface area (Å²) < 4.78 is 0. The van der Waals surface area contributed by atoms with Gasteiger partial charge < -0.3 is 4.90 Å². The van der Waals surface area contributed by atoms with E-state index < -0.39 is 0 Å². The highest BCUT2D eigenvalue weighted by molar-refractivity contribution is 5.83. The zero-order chi connectivity index (χ0) is 21.6. The van der Waals surface area contributed by atoms with E-state index in [0.717, 1.165) is 28.3 Å². The van der Waals surface area contributed by atoms with Crippen LogP contribution in [0.4, 0.5) is 22.7 Å². The van der Waals surface area contributed by atoms with Gasteiger partial charge in [0.05, 0.1) is 11.9 Å². The van der Waals surface area contributed by atoms with E-state index in [1.54, 1.807) is 0 Å². The van der Waals surface area contributed by atoms with Crippen molar-refractivity contribution in [2.75, 3.05) is 17.0 Å². The van der Waals surface area contributed by atoms with Gasteiger partial charge in [-0.15, -0.1) is 0 Å². The highest BCUT2D eigenvalue weighted by atomic mass is 15.4. The maximum absolute atomic E-state index is 4.57. The van der Waals surface area contributed by atoms with Crippen LogP contribution in [0.3, 0.4) is 0 Å². The number of nitrogens with zero attached hydrogens (tertiary/aromatic N) is 3. The number of hydrazone groups is 1. The molecule has 0 atom stereocenters. The fourth-order valence-electron chi connectivity index (χ4n) is 3.41. The summed E-state index contributed by atoms with van der Waals surface area (Å²) in [5.74, 6) is 0. The number of anilines is 4. The van der Waals surface area contributed by atoms with E-state index in [-0.39, 0.29) is 0 Å². The lowest BCUT2D eigenvalue weighted by atomic mass is 10.1. The normalized spacial score (nSPS) is 10.9. The first-order chi connectivity index (χ1) is 15.1. The number of aryl methyl sites for hydroxylation is 2. The van der Waals surface area contributed by atoms with Gasteiger partial charge in [0.15, 0.2) is 0 Å². The van der Waals surface area contributed by atoms with Crippen LogP contribution in [0.1, 0.15) is 16.7 Å². The molecule has 0 aromatic heterocycles. The summed E-state index contributed by atoms with van der Waals surface area (Å²) in [7, 11) is 1.96. The Bertz CT molecular complexity index is 1080. The van der Waals surface area contributed by atoms with Crippen LogP contribution in [0.15, 0.2) is 108 Å². The first-order valence-electron chi connectivity index (χ1n) is 10.5. The van der Waals surface area contributed by atoms with E-state index in [4.69, 9.17) is 0 Å². The van der Waals surface area contributed by atoms with Crippen LogP contribution >= 0.6 is 0 Å². The van der Waals surface area contributed by atoms with Gasteiger partial charge in [-0.3, -0.25) is 5.01 Å². The van der Waals surface area contributed by atoms with Gasteiger partial charge in [0, 0.05) is 24.1 Å². The van der Waals surface area contributed by atoms with Crippen molar-refractivity contribution < 1.29 is 0 Å². The minimum absolute atomic E-state index is 1.05. The van der Waals surface area contributed by atoms with E-state index in [0.29, 0.717) is 0 Å². The first-order valence-corrected chi connectivity index (χ1v) is 10.5. The Kier molecular flexibility index (Phi) is 6.13. The summed E-state index contributed by atoms with van der Waals surface area (Å²) in [6.07, 6.45) is 1.89. The molecule has 0 N–H and O–H groups in total. The zero-order valence-corrected chi connectivity index (χ0v) is 18.2. The topological polar surface area (TPSA) is 18.8 Å². The molecule has 0 saturated carbocycles. The molecule has 154 valence electrons. The summed E-state index contributed by atoms with van der Waals surface area (Å²) >= 11 is 0. The van der Waals surface area contributed by atoms with Gasteiger partial charge in [-0.2, -0.15) is 5.10 Å². The molecule has 0 radical (unpaired) electrons.